The lowest BCUT2D eigenvalue weighted by atomic mass is 10.1. The largest absolute Gasteiger partial charge is 0.417 e. The van der Waals surface area contributed by atoms with Crippen LogP contribution in [0.2, 0.25) is 5.02 Å². The molecule has 92 valence electrons. The average molecular weight is 283 g/mol. The Hall–Kier alpha value is -1.19. The molecule has 0 aromatic heterocycles. The van der Waals surface area contributed by atoms with Gasteiger partial charge in [0.2, 0.25) is 9.84 Å². The van der Waals surface area contributed by atoms with Crippen LogP contribution in [0.3, 0.4) is 0 Å². The van der Waals surface area contributed by atoms with Gasteiger partial charge in [0.15, 0.2) is 0 Å². The summed E-state index contributed by atoms with van der Waals surface area (Å²) in [6, 6.07) is 3.13. The van der Waals surface area contributed by atoms with Gasteiger partial charge in [-0.2, -0.15) is 13.2 Å². The number of benzene rings is 1. The number of rotatable bonds is 0. The van der Waals surface area contributed by atoms with E-state index in [1.165, 1.54) is 6.07 Å². The van der Waals surface area contributed by atoms with E-state index in [4.69, 9.17) is 11.6 Å². The van der Waals surface area contributed by atoms with Crippen LogP contribution in [-0.2, 0) is 16.0 Å². The Morgan fingerprint density at radius 1 is 1.29 bits per heavy atom. The minimum Gasteiger partial charge on any atom is -0.216 e. The summed E-state index contributed by atoms with van der Waals surface area (Å²) < 4.78 is 58.9. The Kier molecular flexibility index (Phi) is 3.74. The van der Waals surface area contributed by atoms with E-state index in [-0.39, 0.29) is 5.56 Å². The Morgan fingerprint density at radius 2 is 1.88 bits per heavy atom. The molecule has 1 aromatic carbocycles. The first-order valence-electron chi connectivity index (χ1n) is 4.20. The molecular weight excluding hydrogens is 277 g/mol. The van der Waals surface area contributed by atoms with Gasteiger partial charge in [-0.05, 0) is 18.1 Å². The molecule has 0 aliphatic heterocycles. The number of halogens is 4. The van der Waals surface area contributed by atoms with E-state index in [1.54, 1.807) is 0 Å². The number of hydrogen-bond acceptors (Lipinski definition) is 2. The van der Waals surface area contributed by atoms with Gasteiger partial charge >= 0.3 is 6.18 Å². The summed E-state index contributed by atoms with van der Waals surface area (Å²) in [4.78, 5) is 0. The second kappa shape index (κ2) is 4.59. The molecule has 1 aromatic rings. The third kappa shape index (κ3) is 3.95. The summed E-state index contributed by atoms with van der Waals surface area (Å²) in [5, 5.41) is 1.23. The molecule has 0 saturated heterocycles. The molecule has 1 rings (SSSR count). The van der Waals surface area contributed by atoms with Gasteiger partial charge in [-0.25, -0.2) is 8.42 Å². The lowest BCUT2D eigenvalue weighted by Gasteiger charge is -2.09. The lowest BCUT2D eigenvalue weighted by Crippen LogP contribution is -2.06. The van der Waals surface area contributed by atoms with Crippen molar-refractivity contribution in [3.63, 3.8) is 0 Å². The second-order valence-corrected chi connectivity index (χ2v) is 5.29. The molecule has 7 heteroatoms. The molecule has 0 spiro atoms. The summed E-state index contributed by atoms with van der Waals surface area (Å²) in [6.45, 7) is 0. The standard InChI is InChI=1S/C10H6ClF3O2S/c1-17(15,16)6-5-7-3-2-4-8(9(7)11)10(12,13)14/h2-4H,1H3. The van der Waals surface area contributed by atoms with Crippen molar-refractivity contribution in [2.45, 2.75) is 6.18 Å². The Balaban J connectivity index is 3.34. The first-order chi connectivity index (χ1) is 7.61. The van der Waals surface area contributed by atoms with Crippen molar-refractivity contribution >= 4 is 21.4 Å². The van der Waals surface area contributed by atoms with Gasteiger partial charge in [0.05, 0.1) is 16.8 Å². The first kappa shape index (κ1) is 13.9. The minimum atomic E-state index is -4.60. The van der Waals surface area contributed by atoms with Gasteiger partial charge in [0, 0.05) is 10.8 Å². The quantitative estimate of drug-likeness (QED) is 0.686. The van der Waals surface area contributed by atoms with Gasteiger partial charge < -0.3 is 0 Å². The Bertz CT molecular complexity index is 594. The van der Waals surface area contributed by atoms with Crippen LogP contribution >= 0.6 is 11.6 Å². The maximum atomic E-state index is 12.5. The monoisotopic (exact) mass is 282 g/mol. The van der Waals surface area contributed by atoms with Crippen molar-refractivity contribution in [3.8, 4) is 11.2 Å². The molecule has 17 heavy (non-hydrogen) atoms. The molecule has 0 fully saturated rings. The van der Waals surface area contributed by atoms with E-state index >= 15 is 0 Å². The summed E-state index contributed by atoms with van der Waals surface area (Å²) in [5.41, 5.74) is -1.22. The normalized spacial score (nSPS) is 11.8. The molecule has 2 nitrogen and oxygen atoms in total. The molecule has 0 bridgehead atoms. The average Bonchev–Trinajstić information content (AvgIpc) is 2.13. The van der Waals surface area contributed by atoms with E-state index in [2.05, 4.69) is 5.92 Å². The number of sulfone groups is 1. The lowest BCUT2D eigenvalue weighted by molar-refractivity contribution is -0.137. The van der Waals surface area contributed by atoms with Crippen molar-refractivity contribution in [3.05, 3.63) is 34.3 Å². The fraction of sp³-hybridized carbons (Fsp3) is 0.200. The third-order valence-corrected chi connectivity index (χ3v) is 2.56. The predicted molar refractivity (Wildman–Crippen MR) is 58.2 cm³/mol. The van der Waals surface area contributed by atoms with E-state index in [1.807, 2.05) is 5.25 Å². The zero-order chi connectivity index (χ0) is 13.3. The number of alkyl halides is 3. The van der Waals surface area contributed by atoms with Gasteiger partial charge in [-0.15, -0.1) is 0 Å². The van der Waals surface area contributed by atoms with Gasteiger partial charge in [0.25, 0.3) is 0 Å². The molecule has 0 amide bonds. The van der Waals surface area contributed by atoms with Gasteiger partial charge in [0.1, 0.15) is 0 Å². The van der Waals surface area contributed by atoms with Crippen molar-refractivity contribution < 1.29 is 21.6 Å². The highest BCUT2D eigenvalue weighted by atomic mass is 35.5. The van der Waals surface area contributed by atoms with Gasteiger partial charge in [-0.3, -0.25) is 0 Å². The van der Waals surface area contributed by atoms with Crippen LogP contribution in [0.4, 0.5) is 13.2 Å². The fourth-order valence-corrected chi connectivity index (χ4v) is 1.57. The van der Waals surface area contributed by atoms with Crippen LogP contribution in [0.5, 0.6) is 0 Å². The third-order valence-electron chi connectivity index (χ3n) is 1.68. The fourth-order valence-electron chi connectivity index (χ4n) is 0.995. The highest BCUT2D eigenvalue weighted by Gasteiger charge is 2.33. The predicted octanol–water partition coefficient (Wildman–Crippen LogP) is 2.71. The van der Waals surface area contributed by atoms with Crippen molar-refractivity contribution in [2.75, 3.05) is 6.26 Å². The zero-order valence-electron chi connectivity index (χ0n) is 8.47. The van der Waals surface area contributed by atoms with Crippen LogP contribution in [0.1, 0.15) is 11.1 Å². The van der Waals surface area contributed by atoms with E-state index in [0.717, 1.165) is 18.4 Å². The van der Waals surface area contributed by atoms with Crippen LogP contribution in [-0.4, -0.2) is 14.7 Å². The summed E-state index contributed by atoms with van der Waals surface area (Å²) in [6.07, 6.45) is -3.75. The SMILES string of the molecule is CS(=O)(=O)C#Cc1cccc(C(F)(F)F)c1Cl. The Labute approximate surface area is 101 Å². The topological polar surface area (TPSA) is 34.1 Å². The maximum absolute atomic E-state index is 12.5. The molecule has 0 N–H and O–H groups in total. The zero-order valence-corrected chi connectivity index (χ0v) is 10.0. The maximum Gasteiger partial charge on any atom is 0.417 e. The Morgan fingerprint density at radius 3 is 2.35 bits per heavy atom. The molecular formula is C10H6ClF3O2S. The molecule has 0 radical (unpaired) electrons. The van der Waals surface area contributed by atoms with E-state index in [9.17, 15) is 21.6 Å². The first-order valence-corrected chi connectivity index (χ1v) is 6.47. The second-order valence-electron chi connectivity index (χ2n) is 3.16. The smallest absolute Gasteiger partial charge is 0.216 e. The molecule has 0 heterocycles. The highest BCUT2D eigenvalue weighted by molar-refractivity contribution is 7.95. The van der Waals surface area contributed by atoms with Crippen LogP contribution in [0.15, 0.2) is 18.2 Å². The number of hydrogen-bond donors (Lipinski definition) is 0. The van der Waals surface area contributed by atoms with Crippen LogP contribution in [0.25, 0.3) is 0 Å². The summed E-state index contributed by atoms with van der Waals surface area (Å²) in [7, 11) is -3.59. The van der Waals surface area contributed by atoms with Crippen LogP contribution < -0.4 is 0 Å². The molecule has 0 unspecified atom stereocenters. The molecule has 0 saturated carbocycles. The molecule has 0 atom stereocenters. The molecule has 0 aliphatic rings. The highest BCUT2D eigenvalue weighted by Crippen LogP contribution is 2.35. The van der Waals surface area contributed by atoms with Gasteiger partial charge in [-0.1, -0.05) is 17.7 Å². The van der Waals surface area contributed by atoms with E-state index in [0.29, 0.717) is 0 Å². The molecule has 0 aliphatic carbocycles. The minimum absolute atomic E-state index is 0.174. The summed E-state index contributed by atoms with van der Waals surface area (Å²) >= 11 is 5.50. The van der Waals surface area contributed by atoms with Crippen molar-refractivity contribution in [1.82, 2.24) is 0 Å². The van der Waals surface area contributed by atoms with Crippen molar-refractivity contribution in [1.29, 1.82) is 0 Å². The van der Waals surface area contributed by atoms with Crippen molar-refractivity contribution in [2.24, 2.45) is 0 Å². The summed E-state index contributed by atoms with van der Waals surface area (Å²) in [5.74, 6) is 2.10. The van der Waals surface area contributed by atoms with Crippen LogP contribution in [0, 0.1) is 11.2 Å². The van der Waals surface area contributed by atoms with E-state index < -0.39 is 26.6 Å².